The van der Waals surface area contributed by atoms with E-state index in [1.54, 1.807) is 7.11 Å². The van der Waals surface area contributed by atoms with Crippen molar-refractivity contribution in [1.82, 2.24) is 10.0 Å². The topological polar surface area (TPSA) is 111 Å². The number of ether oxygens (including phenoxy) is 1. The molecule has 2 N–H and O–H groups in total. The summed E-state index contributed by atoms with van der Waals surface area (Å²) in [7, 11) is -2.10. The van der Waals surface area contributed by atoms with Crippen LogP contribution in [0.2, 0.25) is 0 Å². The molecule has 0 atom stereocenters. The van der Waals surface area contributed by atoms with Crippen LogP contribution in [0.25, 0.3) is 0 Å². The third kappa shape index (κ3) is 5.12. The van der Waals surface area contributed by atoms with Crippen LogP contribution in [0.5, 0.6) is 0 Å². The fourth-order valence-corrected chi connectivity index (χ4v) is 3.87. The molecule has 0 spiro atoms. The van der Waals surface area contributed by atoms with Crippen LogP contribution in [0.3, 0.4) is 0 Å². The first-order chi connectivity index (χ1) is 10.9. The summed E-state index contributed by atoms with van der Waals surface area (Å²) in [6, 6.07) is 4.85. The predicted octanol–water partition coefficient (Wildman–Crippen LogP) is 1.31. The molecule has 1 aromatic carbocycles. The van der Waals surface area contributed by atoms with Crippen LogP contribution in [-0.4, -0.2) is 46.7 Å². The molecule has 1 aliphatic heterocycles. The van der Waals surface area contributed by atoms with Crippen molar-refractivity contribution in [3.05, 3.63) is 34.4 Å². The minimum atomic E-state index is -3.71. The number of hydrogen-bond acceptors (Lipinski definition) is 6. The summed E-state index contributed by atoms with van der Waals surface area (Å²) in [6.07, 6.45) is 1.65. The highest BCUT2D eigenvalue weighted by Crippen LogP contribution is 2.29. The van der Waals surface area contributed by atoms with Crippen molar-refractivity contribution in [2.75, 3.05) is 33.4 Å². The van der Waals surface area contributed by atoms with Crippen LogP contribution in [0.15, 0.2) is 29.2 Å². The Morgan fingerprint density at radius 1 is 1.29 bits per heavy atom. The van der Waals surface area contributed by atoms with Gasteiger partial charge in [-0.1, -0.05) is 0 Å². The summed E-state index contributed by atoms with van der Waals surface area (Å²) in [4.78, 5) is 10.1. The van der Waals surface area contributed by atoms with E-state index in [0.717, 1.165) is 25.9 Å². The summed E-state index contributed by atoms with van der Waals surface area (Å²) < 4.78 is 32.6. The number of nitro groups is 1. The minimum Gasteiger partial charge on any atom is -0.384 e. The lowest BCUT2D eigenvalue weighted by Crippen LogP contribution is -2.47. The van der Waals surface area contributed by atoms with Crippen molar-refractivity contribution in [3.63, 3.8) is 0 Å². The second-order valence-corrected chi connectivity index (χ2v) is 7.53. The molecule has 136 valence electrons. The van der Waals surface area contributed by atoms with Crippen LogP contribution in [0.1, 0.15) is 12.8 Å². The highest BCUT2D eigenvalue weighted by atomic mass is 35.5. The molecule has 8 nitrogen and oxygen atoms in total. The fourth-order valence-electron chi connectivity index (χ4n) is 2.71. The van der Waals surface area contributed by atoms with Gasteiger partial charge in [0.25, 0.3) is 5.69 Å². The number of methoxy groups -OCH3 is 1. The van der Waals surface area contributed by atoms with E-state index < -0.39 is 14.9 Å². The molecule has 0 unspecified atom stereocenters. The smallest absolute Gasteiger partial charge is 0.269 e. The molecule has 1 saturated heterocycles. The molecule has 1 aliphatic rings. The second-order valence-electron chi connectivity index (χ2n) is 5.76. The van der Waals surface area contributed by atoms with Gasteiger partial charge in [0.15, 0.2) is 0 Å². The number of rotatable bonds is 7. The average molecular weight is 380 g/mol. The van der Waals surface area contributed by atoms with Crippen molar-refractivity contribution in [1.29, 1.82) is 0 Å². The second kappa shape index (κ2) is 8.72. The van der Waals surface area contributed by atoms with Crippen molar-refractivity contribution >= 4 is 28.1 Å². The molecule has 1 aromatic rings. The van der Waals surface area contributed by atoms with Crippen LogP contribution in [-0.2, 0) is 14.8 Å². The number of halogens is 1. The van der Waals surface area contributed by atoms with E-state index in [9.17, 15) is 18.5 Å². The largest absolute Gasteiger partial charge is 0.384 e. The molecule has 0 aromatic heterocycles. The Hall–Kier alpha value is -1.26. The molecule has 0 radical (unpaired) electrons. The van der Waals surface area contributed by atoms with Crippen molar-refractivity contribution in [2.45, 2.75) is 17.7 Å². The number of nitro benzene ring substituents is 1. The zero-order valence-corrected chi connectivity index (χ0v) is 15.0. The van der Waals surface area contributed by atoms with Gasteiger partial charge in [0.1, 0.15) is 0 Å². The standard InChI is InChI=1S/C14H21N3O5S.ClH/c1-22-11-14(6-8-15-9-7-14)10-16-23(20,21)13-4-2-12(3-5-13)17(18)19;/h2-5,15-16H,6-11H2,1H3;1H. The normalized spacial score (nSPS) is 17.0. The maximum absolute atomic E-state index is 12.4. The highest BCUT2D eigenvalue weighted by molar-refractivity contribution is 7.89. The number of piperidine rings is 1. The molecule has 10 heteroatoms. The maximum Gasteiger partial charge on any atom is 0.269 e. The van der Waals surface area contributed by atoms with E-state index in [4.69, 9.17) is 4.74 Å². The predicted molar refractivity (Wildman–Crippen MR) is 91.9 cm³/mol. The van der Waals surface area contributed by atoms with Crippen LogP contribution in [0, 0.1) is 15.5 Å². The minimum absolute atomic E-state index is 0. The van der Waals surface area contributed by atoms with Gasteiger partial charge in [0.2, 0.25) is 10.0 Å². The average Bonchev–Trinajstić information content (AvgIpc) is 2.54. The van der Waals surface area contributed by atoms with Crippen molar-refractivity contribution in [2.24, 2.45) is 5.41 Å². The SMILES string of the molecule is COCC1(CNS(=O)(=O)c2ccc([N+](=O)[O-])cc2)CCNCC1.Cl. The molecule has 0 aliphatic carbocycles. The first-order valence-electron chi connectivity index (χ1n) is 7.32. The van der Waals surface area contributed by atoms with Gasteiger partial charge in [-0.15, -0.1) is 12.4 Å². The number of non-ortho nitro benzene ring substituents is 1. The van der Waals surface area contributed by atoms with Gasteiger partial charge in [-0.2, -0.15) is 0 Å². The summed E-state index contributed by atoms with van der Waals surface area (Å²) in [5.41, 5.74) is -0.369. The quantitative estimate of drug-likeness (QED) is 0.546. The van der Waals surface area contributed by atoms with Crippen LogP contribution in [0.4, 0.5) is 5.69 Å². The number of nitrogens with zero attached hydrogens (tertiary/aromatic N) is 1. The van der Waals surface area contributed by atoms with E-state index in [-0.39, 0.29) is 34.9 Å². The zero-order valence-electron chi connectivity index (χ0n) is 13.4. The van der Waals surface area contributed by atoms with Gasteiger partial charge in [0, 0.05) is 31.2 Å². The van der Waals surface area contributed by atoms with E-state index in [0.29, 0.717) is 6.61 Å². The van der Waals surface area contributed by atoms with Crippen molar-refractivity contribution < 1.29 is 18.1 Å². The Morgan fingerprint density at radius 3 is 2.38 bits per heavy atom. The summed E-state index contributed by atoms with van der Waals surface area (Å²) in [5.74, 6) is 0. The molecule has 0 saturated carbocycles. The molecular formula is C14H22ClN3O5S. The monoisotopic (exact) mass is 379 g/mol. The number of hydrogen-bond donors (Lipinski definition) is 2. The molecule has 0 bridgehead atoms. The Labute approximate surface area is 147 Å². The maximum atomic E-state index is 12.4. The summed E-state index contributed by atoms with van der Waals surface area (Å²) in [6.45, 7) is 2.41. The van der Waals surface area contributed by atoms with E-state index in [2.05, 4.69) is 10.0 Å². The molecule has 24 heavy (non-hydrogen) atoms. The Bertz CT molecular complexity index is 639. The lowest BCUT2D eigenvalue weighted by atomic mass is 9.80. The third-order valence-corrected chi connectivity index (χ3v) is 5.53. The first kappa shape index (κ1) is 20.8. The number of sulfonamides is 1. The van der Waals surface area contributed by atoms with E-state index in [1.807, 2.05) is 0 Å². The van der Waals surface area contributed by atoms with Crippen LogP contribution >= 0.6 is 12.4 Å². The lowest BCUT2D eigenvalue weighted by Gasteiger charge is -2.37. The molecule has 1 fully saturated rings. The molecule has 2 rings (SSSR count). The van der Waals surface area contributed by atoms with Gasteiger partial charge in [-0.05, 0) is 38.1 Å². The van der Waals surface area contributed by atoms with E-state index >= 15 is 0 Å². The first-order valence-corrected chi connectivity index (χ1v) is 8.81. The van der Waals surface area contributed by atoms with Gasteiger partial charge in [-0.25, -0.2) is 13.1 Å². The van der Waals surface area contributed by atoms with Gasteiger partial charge in [-0.3, -0.25) is 10.1 Å². The fraction of sp³-hybridized carbons (Fsp3) is 0.571. The number of benzene rings is 1. The Kier molecular flexibility index (Phi) is 7.56. The molecule has 0 amide bonds. The lowest BCUT2D eigenvalue weighted by molar-refractivity contribution is -0.384. The third-order valence-electron chi connectivity index (χ3n) is 4.11. The van der Waals surface area contributed by atoms with E-state index in [1.165, 1.54) is 24.3 Å². The van der Waals surface area contributed by atoms with Gasteiger partial charge >= 0.3 is 0 Å². The number of nitrogens with one attached hydrogen (secondary N) is 2. The van der Waals surface area contributed by atoms with Gasteiger partial charge in [0.05, 0.1) is 16.4 Å². The highest BCUT2D eigenvalue weighted by Gasteiger charge is 2.33. The summed E-state index contributed by atoms with van der Waals surface area (Å²) in [5, 5.41) is 13.9. The Morgan fingerprint density at radius 2 is 1.88 bits per heavy atom. The molecular weight excluding hydrogens is 358 g/mol. The van der Waals surface area contributed by atoms with Gasteiger partial charge < -0.3 is 10.1 Å². The summed E-state index contributed by atoms with van der Waals surface area (Å²) >= 11 is 0. The molecule has 1 heterocycles. The Balaban J connectivity index is 0.00000288. The van der Waals surface area contributed by atoms with Crippen LogP contribution < -0.4 is 10.0 Å². The van der Waals surface area contributed by atoms with Crippen molar-refractivity contribution in [3.8, 4) is 0 Å². The zero-order chi connectivity index (χ0) is 16.9.